The van der Waals surface area contributed by atoms with Gasteiger partial charge in [-0.25, -0.2) is 4.79 Å². The molecule has 0 bridgehead atoms. The van der Waals surface area contributed by atoms with Crippen LogP contribution in [-0.4, -0.2) is 32.2 Å². The van der Waals surface area contributed by atoms with E-state index in [1.54, 1.807) is 45.4 Å². The van der Waals surface area contributed by atoms with Gasteiger partial charge in [0.2, 0.25) is 0 Å². The second-order valence-electron chi connectivity index (χ2n) is 6.94. The molecule has 6 heteroatoms. The van der Waals surface area contributed by atoms with Gasteiger partial charge in [0.05, 0.1) is 14.2 Å². The molecule has 0 fully saturated rings. The molecule has 0 unspecified atom stereocenters. The number of rotatable bonds is 9. The molecule has 0 saturated carbocycles. The van der Waals surface area contributed by atoms with E-state index in [1.807, 2.05) is 24.3 Å². The molecule has 2 aromatic carbocycles. The molecule has 1 amide bonds. The van der Waals surface area contributed by atoms with Gasteiger partial charge in [-0.15, -0.1) is 0 Å². The minimum absolute atomic E-state index is 0.308. The molecule has 0 aliphatic heterocycles. The van der Waals surface area contributed by atoms with Gasteiger partial charge in [-0.1, -0.05) is 32.0 Å². The van der Waals surface area contributed by atoms with E-state index in [9.17, 15) is 9.59 Å². The molecule has 0 saturated heterocycles. The molecule has 2 rings (SSSR count). The van der Waals surface area contributed by atoms with Crippen LogP contribution < -0.4 is 14.8 Å². The largest absolute Gasteiger partial charge is 0.497 e. The van der Waals surface area contributed by atoms with Crippen molar-refractivity contribution in [1.29, 1.82) is 0 Å². The van der Waals surface area contributed by atoms with Crippen LogP contribution in [0.2, 0.25) is 0 Å². The average Bonchev–Trinajstić information content (AvgIpc) is 2.77. The zero-order chi connectivity index (χ0) is 22.1. The number of benzene rings is 2. The molecule has 2 atom stereocenters. The highest BCUT2D eigenvalue weighted by atomic mass is 16.5. The van der Waals surface area contributed by atoms with Gasteiger partial charge in [0.1, 0.15) is 11.5 Å². The summed E-state index contributed by atoms with van der Waals surface area (Å²) in [6.45, 7) is 5.74. The fraction of sp³-hybridized carbons (Fsp3) is 0.333. The lowest BCUT2D eigenvalue weighted by atomic mass is 9.97. The summed E-state index contributed by atoms with van der Waals surface area (Å²) in [6, 6.07) is 12.9. The Morgan fingerprint density at radius 2 is 1.67 bits per heavy atom. The number of hydrogen-bond donors (Lipinski definition) is 1. The van der Waals surface area contributed by atoms with E-state index in [1.165, 1.54) is 6.08 Å². The van der Waals surface area contributed by atoms with E-state index in [0.717, 1.165) is 17.7 Å². The van der Waals surface area contributed by atoms with Gasteiger partial charge in [0.25, 0.3) is 5.91 Å². The van der Waals surface area contributed by atoms with E-state index >= 15 is 0 Å². The summed E-state index contributed by atoms with van der Waals surface area (Å²) in [5.41, 5.74) is 2.50. The summed E-state index contributed by atoms with van der Waals surface area (Å²) >= 11 is 0. The highest BCUT2D eigenvalue weighted by molar-refractivity contribution is 5.97. The quantitative estimate of drug-likeness (QED) is 0.474. The maximum Gasteiger partial charge on any atom is 0.331 e. The number of carbonyl (C=O) groups is 2. The number of esters is 1. The van der Waals surface area contributed by atoms with Gasteiger partial charge in [-0.2, -0.15) is 0 Å². The zero-order valence-corrected chi connectivity index (χ0v) is 18.1. The molecule has 0 heterocycles. The summed E-state index contributed by atoms with van der Waals surface area (Å²) in [7, 11) is 3.10. The van der Waals surface area contributed by atoms with E-state index in [-0.39, 0.29) is 5.91 Å². The van der Waals surface area contributed by atoms with Gasteiger partial charge < -0.3 is 19.5 Å². The van der Waals surface area contributed by atoms with Crippen LogP contribution in [0.25, 0.3) is 6.08 Å². The van der Waals surface area contributed by atoms with E-state index in [4.69, 9.17) is 14.2 Å². The first kappa shape index (κ1) is 23.0. The summed E-state index contributed by atoms with van der Waals surface area (Å²) in [5, 5.41) is 2.86. The van der Waals surface area contributed by atoms with Crippen molar-refractivity contribution in [2.75, 3.05) is 19.5 Å². The average molecular weight is 411 g/mol. The van der Waals surface area contributed by atoms with E-state index < -0.39 is 12.1 Å². The Labute approximate surface area is 177 Å². The lowest BCUT2D eigenvalue weighted by Gasteiger charge is -2.17. The maximum atomic E-state index is 12.5. The summed E-state index contributed by atoms with van der Waals surface area (Å²) in [5.74, 6) is 0.525. The highest BCUT2D eigenvalue weighted by Gasteiger charge is 2.19. The molecule has 160 valence electrons. The summed E-state index contributed by atoms with van der Waals surface area (Å²) < 4.78 is 15.7. The Kier molecular flexibility index (Phi) is 8.47. The molecule has 0 radical (unpaired) electrons. The smallest absolute Gasteiger partial charge is 0.331 e. The van der Waals surface area contributed by atoms with Crippen molar-refractivity contribution < 1.29 is 23.8 Å². The van der Waals surface area contributed by atoms with Crippen molar-refractivity contribution in [2.45, 2.75) is 39.2 Å². The first-order chi connectivity index (χ1) is 14.4. The Balaban J connectivity index is 2.01. The summed E-state index contributed by atoms with van der Waals surface area (Å²) in [4.78, 5) is 24.7. The molecule has 0 aliphatic carbocycles. The Morgan fingerprint density at radius 3 is 2.27 bits per heavy atom. The monoisotopic (exact) mass is 411 g/mol. The minimum Gasteiger partial charge on any atom is -0.497 e. The van der Waals surface area contributed by atoms with Crippen LogP contribution in [0.5, 0.6) is 11.5 Å². The lowest BCUT2D eigenvalue weighted by Crippen LogP contribution is -2.29. The van der Waals surface area contributed by atoms with Gasteiger partial charge in [-0.3, -0.25) is 4.79 Å². The van der Waals surface area contributed by atoms with Crippen molar-refractivity contribution in [2.24, 2.45) is 0 Å². The van der Waals surface area contributed by atoms with Gasteiger partial charge in [-0.05, 0) is 54.7 Å². The minimum atomic E-state index is -0.938. The van der Waals surface area contributed by atoms with Crippen LogP contribution >= 0.6 is 0 Å². The van der Waals surface area contributed by atoms with Crippen molar-refractivity contribution in [3.8, 4) is 11.5 Å². The number of hydrogen-bond acceptors (Lipinski definition) is 5. The molecule has 2 aromatic rings. The third-order valence-electron chi connectivity index (χ3n) is 4.81. The normalized spacial score (nSPS) is 12.8. The molecule has 30 heavy (non-hydrogen) atoms. The molecule has 1 N–H and O–H groups in total. The van der Waals surface area contributed by atoms with Crippen molar-refractivity contribution in [3.63, 3.8) is 0 Å². The Hall–Kier alpha value is -3.28. The Morgan fingerprint density at radius 1 is 1.03 bits per heavy atom. The lowest BCUT2D eigenvalue weighted by molar-refractivity contribution is -0.148. The maximum absolute atomic E-state index is 12.5. The molecule has 6 nitrogen and oxygen atoms in total. The first-order valence-electron chi connectivity index (χ1n) is 9.89. The predicted molar refractivity (Wildman–Crippen MR) is 118 cm³/mol. The third kappa shape index (κ3) is 6.37. The van der Waals surface area contributed by atoms with Crippen molar-refractivity contribution >= 4 is 23.6 Å². The molecule has 0 aliphatic rings. The van der Waals surface area contributed by atoms with Gasteiger partial charge >= 0.3 is 5.97 Å². The number of para-hydroxylation sites is 1. The zero-order valence-electron chi connectivity index (χ0n) is 18.1. The van der Waals surface area contributed by atoms with E-state index in [0.29, 0.717) is 23.0 Å². The van der Waals surface area contributed by atoms with Crippen molar-refractivity contribution in [1.82, 2.24) is 0 Å². The molecule has 0 aromatic heterocycles. The Bertz CT molecular complexity index is 884. The number of carbonyl (C=O) groups excluding carboxylic acids is 2. The second-order valence-corrected chi connectivity index (χ2v) is 6.94. The standard InChI is InChI=1S/C24H29NO5/c1-6-16(2)21-9-7-8-10-22(21)25-24(27)17(3)30-23(26)12-11-18-13-19(28-4)15-20(14-18)29-5/h7-17H,6H2,1-5H3,(H,25,27)/b12-11+/t16-,17+/m0/s1. The third-order valence-corrected chi connectivity index (χ3v) is 4.81. The fourth-order valence-corrected chi connectivity index (χ4v) is 2.85. The van der Waals surface area contributed by atoms with E-state index in [2.05, 4.69) is 19.2 Å². The molecular weight excluding hydrogens is 382 g/mol. The van der Waals surface area contributed by atoms with Crippen LogP contribution in [0, 0.1) is 0 Å². The van der Waals surface area contributed by atoms with Crippen LogP contribution in [0.3, 0.4) is 0 Å². The number of nitrogens with one attached hydrogen (secondary N) is 1. The second kappa shape index (κ2) is 11.0. The van der Waals surface area contributed by atoms with Crippen LogP contribution in [-0.2, 0) is 14.3 Å². The molecular formula is C24H29NO5. The molecule has 0 spiro atoms. The number of ether oxygens (including phenoxy) is 3. The first-order valence-corrected chi connectivity index (χ1v) is 9.89. The van der Waals surface area contributed by atoms with Crippen LogP contribution in [0.15, 0.2) is 48.5 Å². The fourth-order valence-electron chi connectivity index (χ4n) is 2.85. The van der Waals surface area contributed by atoms with Crippen LogP contribution in [0.4, 0.5) is 5.69 Å². The topological polar surface area (TPSA) is 73.9 Å². The highest BCUT2D eigenvalue weighted by Crippen LogP contribution is 2.27. The SMILES string of the molecule is CC[C@H](C)c1ccccc1NC(=O)[C@@H](C)OC(=O)/C=C/c1cc(OC)cc(OC)c1. The number of amides is 1. The van der Waals surface area contributed by atoms with Gasteiger partial charge in [0, 0.05) is 17.8 Å². The van der Waals surface area contributed by atoms with Crippen LogP contribution in [0.1, 0.15) is 44.2 Å². The van der Waals surface area contributed by atoms with Gasteiger partial charge in [0.15, 0.2) is 6.10 Å². The number of methoxy groups -OCH3 is 2. The van der Waals surface area contributed by atoms with Crippen molar-refractivity contribution in [3.05, 3.63) is 59.7 Å². The number of anilines is 1. The predicted octanol–water partition coefficient (Wildman–Crippen LogP) is 4.80. The summed E-state index contributed by atoms with van der Waals surface area (Å²) in [6.07, 6.45) is 2.87.